The van der Waals surface area contributed by atoms with Crippen molar-refractivity contribution >= 4 is 16.9 Å². The molecule has 25 heavy (non-hydrogen) atoms. The number of anilines is 1. The number of aryl methyl sites for hydroxylation is 1. The minimum absolute atomic E-state index is 0.286. The molecule has 1 saturated carbocycles. The molecular formula is C20H25N5. The maximum absolute atomic E-state index is 6.11. The average Bonchev–Trinajstić information content (AvgIpc) is 3.06. The Morgan fingerprint density at radius 3 is 3.00 bits per heavy atom. The smallest absolute Gasteiger partial charge is 0.223 e. The summed E-state index contributed by atoms with van der Waals surface area (Å²) in [5.41, 5.74) is 10.6. The fourth-order valence-electron chi connectivity index (χ4n) is 3.78. The maximum Gasteiger partial charge on any atom is 0.223 e. The number of nitrogens with one attached hydrogen (secondary N) is 2. The van der Waals surface area contributed by atoms with Gasteiger partial charge in [-0.2, -0.15) is 0 Å². The van der Waals surface area contributed by atoms with E-state index in [1.165, 1.54) is 11.8 Å². The second kappa shape index (κ2) is 6.84. The van der Waals surface area contributed by atoms with Gasteiger partial charge >= 0.3 is 0 Å². The molecule has 5 heteroatoms. The van der Waals surface area contributed by atoms with Crippen molar-refractivity contribution in [1.82, 2.24) is 15.0 Å². The van der Waals surface area contributed by atoms with Gasteiger partial charge in [-0.05, 0) is 43.7 Å². The molecule has 1 aliphatic carbocycles. The number of hydrogen-bond acceptors (Lipinski definition) is 4. The highest BCUT2D eigenvalue weighted by Crippen LogP contribution is 2.30. The molecule has 0 aliphatic heterocycles. The third-order valence-electron chi connectivity index (χ3n) is 5.14. The van der Waals surface area contributed by atoms with Crippen molar-refractivity contribution < 1.29 is 0 Å². The zero-order valence-electron chi connectivity index (χ0n) is 14.6. The zero-order chi connectivity index (χ0) is 17.2. The highest BCUT2D eigenvalue weighted by molar-refractivity contribution is 5.95. The number of aromatic nitrogens is 3. The lowest BCUT2D eigenvalue weighted by molar-refractivity contribution is 0.408. The molecule has 3 aromatic rings. The monoisotopic (exact) mass is 335 g/mol. The second-order valence-electron chi connectivity index (χ2n) is 6.94. The third-order valence-corrected chi connectivity index (χ3v) is 5.14. The van der Waals surface area contributed by atoms with Gasteiger partial charge in [0, 0.05) is 40.9 Å². The predicted molar refractivity (Wildman–Crippen MR) is 103 cm³/mol. The molecule has 2 heterocycles. The molecule has 2 aromatic heterocycles. The minimum atomic E-state index is 0.286. The quantitative estimate of drug-likeness (QED) is 0.676. The average molecular weight is 335 g/mol. The summed E-state index contributed by atoms with van der Waals surface area (Å²) in [5, 5.41) is 4.70. The lowest BCUT2D eigenvalue weighted by Crippen LogP contribution is -2.35. The van der Waals surface area contributed by atoms with Crippen molar-refractivity contribution in [3.05, 3.63) is 42.2 Å². The predicted octanol–water partition coefficient (Wildman–Crippen LogP) is 3.87. The fraction of sp³-hybridized carbons (Fsp3) is 0.400. The summed E-state index contributed by atoms with van der Waals surface area (Å²) in [5.74, 6) is 0.705. The molecule has 1 aliphatic rings. The number of hydrogen-bond donors (Lipinski definition) is 3. The van der Waals surface area contributed by atoms with Crippen LogP contribution in [0.5, 0.6) is 0 Å². The highest BCUT2D eigenvalue weighted by Gasteiger charge is 2.20. The van der Waals surface area contributed by atoms with Crippen molar-refractivity contribution in [3.63, 3.8) is 0 Å². The maximum atomic E-state index is 6.11. The first-order valence-corrected chi connectivity index (χ1v) is 9.19. The standard InChI is InChI=1S/C20H25N5/c1-2-13-11-23-20(24-15-7-5-6-14(21)10-15)25-19(13)17-12-22-18-9-4-3-8-16(17)18/h3-4,8-9,11-12,14-15,22H,2,5-7,10,21H2,1H3,(H,23,24,25)/t14-,15+/m0/s1. The van der Waals surface area contributed by atoms with Gasteiger partial charge in [0.1, 0.15) is 0 Å². The van der Waals surface area contributed by atoms with Crippen molar-refractivity contribution in [2.24, 2.45) is 5.73 Å². The van der Waals surface area contributed by atoms with Crippen LogP contribution in [0.15, 0.2) is 36.7 Å². The van der Waals surface area contributed by atoms with Gasteiger partial charge in [0.05, 0.1) is 5.69 Å². The van der Waals surface area contributed by atoms with Crippen LogP contribution in [-0.4, -0.2) is 27.0 Å². The van der Waals surface area contributed by atoms with E-state index >= 15 is 0 Å². The third kappa shape index (κ3) is 3.24. The molecule has 4 N–H and O–H groups in total. The number of H-pyrrole nitrogens is 1. The van der Waals surface area contributed by atoms with Crippen LogP contribution in [0.4, 0.5) is 5.95 Å². The molecule has 0 radical (unpaired) electrons. The lowest BCUT2D eigenvalue weighted by Gasteiger charge is -2.27. The Labute approximate surface area is 148 Å². The van der Waals surface area contributed by atoms with Crippen molar-refractivity contribution in [2.45, 2.75) is 51.1 Å². The number of rotatable bonds is 4. The summed E-state index contributed by atoms with van der Waals surface area (Å²) in [7, 11) is 0. The Balaban J connectivity index is 1.69. The largest absolute Gasteiger partial charge is 0.360 e. The number of nitrogens with two attached hydrogens (primary N) is 1. The van der Waals surface area contributed by atoms with Crippen LogP contribution >= 0.6 is 0 Å². The Morgan fingerprint density at radius 1 is 1.28 bits per heavy atom. The van der Waals surface area contributed by atoms with E-state index in [1.54, 1.807) is 0 Å². The van der Waals surface area contributed by atoms with Crippen molar-refractivity contribution in [1.29, 1.82) is 0 Å². The normalized spacial score (nSPS) is 20.7. The van der Waals surface area contributed by atoms with Crippen LogP contribution in [0.25, 0.3) is 22.2 Å². The van der Waals surface area contributed by atoms with Crippen molar-refractivity contribution in [3.8, 4) is 11.3 Å². The van der Waals surface area contributed by atoms with Crippen LogP contribution in [0.3, 0.4) is 0 Å². The molecule has 0 amide bonds. The molecule has 4 rings (SSSR count). The molecule has 0 spiro atoms. The lowest BCUT2D eigenvalue weighted by atomic mass is 9.92. The first kappa shape index (κ1) is 16.1. The molecule has 2 atom stereocenters. The molecule has 5 nitrogen and oxygen atoms in total. The molecule has 0 bridgehead atoms. The van der Waals surface area contributed by atoms with E-state index in [0.717, 1.165) is 48.0 Å². The topological polar surface area (TPSA) is 79.6 Å². The van der Waals surface area contributed by atoms with Crippen molar-refractivity contribution in [2.75, 3.05) is 5.32 Å². The summed E-state index contributed by atoms with van der Waals surface area (Å²) in [4.78, 5) is 12.8. The summed E-state index contributed by atoms with van der Waals surface area (Å²) in [6.45, 7) is 2.14. The van der Waals surface area contributed by atoms with Gasteiger partial charge in [0.15, 0.2) is 0 Å². The molecular weight excluding hydrogens is 310 g/mol. The van der Waals surface area contributed by atoms with E-state index < -0.39 is 0 Å². The van der Waals surface area contributed by atoms with E-state index in [0.29, 0.717) is 12.0 Å². The van der Waals surface area contributed by atoms with E-state index in [4.69, 9.17) is 10.7 Å². The van der Waals surface area contributed by atoms with Crippen LogP contribution in [-0.2, 0) is 6.42 Å². The van der Waals surface area contributed by atoms with Gasteiger partial charge in [-0.3, -0.25) is 0 Å². The number of benzene rings is 1. The van der Waals surface area contributed by atoms with E-state index in [1.807, 2.05) is 18.5 Å². The highest BCUT2D eigenvalue weighted by atomic mass is 15.1. The first-order valence-electron chi connectivity index (χ1n) is 9.19. The summed E-state index contributed by atoms with van der Waals surface area (Å²) in [6, 6.07) is 8.99. The SMILES string of the molecule is CCc1cnc(N[C@@H]2CCC[C@H](N)C2)nc1-c1c[nH]c2ccccc12. The van der Waals surface area contributed by atoms with Crippen LogP contribution in [0.1, 0.15) is 38.2 Å². The molecule has 1 fully saturated rings. The van der Waals surface area contributed by atoms with E-state index in [9.17, 15) is 0 Å². The Bertz CT molecular complexity index is 869. The number of nitrogens with zero attached hydrogens (tertiary/aromatic N) is 2. The van der Waals surface area contributed by atoms with Gasteiger partial charge in [-0.15, -0.1) is 0 Å². The summed E-state index contributed by atoms with van der Waals surface area (Å²) >= 11 is 0. The molecule has 130 valence electrons. The van der Waals surface area contributed by atoms with Crippen LogP contribution in [0, 0.1) is 0 Å². The van der Waals surface area contributed by atoms with E-state index in [-0.39, 0.29) is 6.04 Å². The van der Waals surface area contributed by atoms with Gasteiger partial charge in [0.25, 0.3) is 0 Å². The Morgan fingerprint density at radius 2 is 2.16 bits per heavy atom. The van der Waals surface area contributed by atoms with Gasteiger partial charge < -0.3 is 16.0 Å². The van der Waals surface area contributed by atoms with Crippen LogP contribution in [0.2, 0.25) is 0 Å². The van der Waals surface area contributed by atoms with Crippen LogP contribution < -0.4 is 11.1 Å². The molecule has 1 aromatic carbocycles. The number of aromatic amines is 1. The summed E-state index contributed by atoms with van der Waals surface area (Å²) < 4.78 is 0. The first-order chi connectivity index (χ1) is 12.2. The van der Waals surface area contributed by atoms with Gasteiger partial charge in [0.2, 0.25) is 5.95 Å². The van der Waals surface area contributed by atoms with Gasteiger partial charge in [-0.25, -0.2) is 9.97 Å². The molecule has 0 unspecified atom stereocenters. The second-order valence-corrected chi connectivity index (χ2v) is 6.94. The molecule has 0 saturated heterocycles. The minimum Gasteiger partial charge on any atom is -0.360 e. The Hall–Kier alpha value is -2.40. The Kier molecular flexibility index (Phi) is 4.40. The number of fused-ring (bicyclic) bond motifs is 1. The fourth-order valence-corrected chi connectivity index (χ4v) is 3.78. The number of para-hydroxylation sites is 1. The van der Waals surface area contributed by atoms with E-state index in [2.05, 4.69) is 40.4 Å². The summed E-state index contributed by atoms with van der Waals surface area (Å²) in [6.07, 6.45) is 9.32. The zero-order valence-corrected chi connectivity index (χ0v) is 14.6. The van der Waals surface area contributed by atoms with Gasteiger partial charge in [-0.1, -0.05) is 25.1 Å².